The van der Waals surface area contributed by atoms with E-state index in [1.807, 2.05) is 0 Å². The first-order valence-corrected chi connectivity index (χ1v) is 7.99. The molecule has 1 nitrogen and oxygen atoms in total. The summed E-state index contributed by atoms with van der Waals surface area (Å²) in [4.78, 5) is 0. The van der Waals surface area contributed by atoms with Crippen LogP contribution in [0.4, 0.5) is 0 Å². The zero-order chi connectivity index (χ0) is 12.1. The van der Waals surface area contributed by atoms with E-state index in [2.05, 4.69) is 19.2 Å². The van der Waals surface area contributed by atoms with Crippen molar-refractivity contribution in [2.24, 2.45) is 17.8 Å². The van der Waals surface area contributed by atoms with Gasteiger partial charge in [0.2, 0.25) is 0 Å². The molecule has 0 aliphatic heterocycles. The first-order valence-electron chi connectivity index (χ1n) is 7.99. The summed E-state index contributed by atoms with van der Waals surface area (Å²) in [6.45, 7) is 6.11. The Labute approximate surface area is 108 Å². The Morgan fingerprint density at radius 2 is 1.59 bits per heavy atom. The quantitative estimate of drug-likeness (QED) is 0.765. The summed E-state index contributed by atoms with van der Waals surface area (Å²) in [6, 6.07) is 0.759. The molecule has 0 amide bonds. The van der Waals surface area contributed by atoms with Crippen molar-refractivity contribution in [3.63, 3.8) is 0 Å². The van der Waals surface area contributed by atoms with Crippen LogP contribution in [0.15, 0.2) is 0 Å². The van der Waals surface area contributed by atoms with Gasteiger partial charge in [0.15, 0.2) is 0 Å². The Morgan fingerprint density at radius 3 is 2.24 bits per heavy atom. The Bertz CT molecular complexity index is 200. The molecule has 0 aromatic heterocycles. The SMILES string of the molecule is CC1CCC(CN[C@@H](C)C2CCCCC2)CC1. The van der Waals surface area contributed by atoms with Crippen LogP contribution in [0.2, 0.25) is 0 Å². The molecular formula is C16H31N. The van der Waals surface area contributed by atoms with E-state index in [1.165, 1.54) is 64.3 Å². The summed E-state index contributed by atoms with van der Waals surface area (Å²) in [5, 5.41) is 3.84. The van der Waals surface area contributed by atoms with E-state index in [0.29, 0.717) is 0 Å². The molecule has 2 saturated carbocycles. The summed E-state index contributed by atoms with van der Waals surface area (Å²) in [7, 11) is 0. The second kappa shape index (κ2) is 6.78. The van der Waals surface area contributed by atoms with Gasteiger partial charge in [-0.3, -0.25) is 0 Å². The molecule has 0 unspecified atom stereocenters. The van der Waals surface area contributed by atoms with Crippen LogP contribution >= 0.6 is 0 Å². The van der Waals surface area contributed by atoms with Crippen molar-refractivity contribution < 1.29 is 0 Å². The lowest BCUT2D eigenvalue weighted by Crippen LogP contribution is -2.38. The molecule has 0 saturated heterocycles. The first-order chi connectivity index (χ1) is 8.25. The number of rotatable bonds is 4. The van der Waals surface area contributed by atoms with E-state index in [1.54, 1.807) is 0 Å². The molecule has 100 valence electrons. The van der Waals surface area contributed by atoms with Gasteiger partial charge in [-0.1, -0.05) is 39.0 Å². The molecule has 0 aromatic rings. The summed E-state index contributed by atoms with van der Waals surface area (Å²) in [6.07, 6.45) is 13.2. The van der Waals surface area contributed by atoms with Crippen LogP contribution in [-0.4, -0.2) is 12.6 Å². The smallest absolute Gasteiger partial charge is 0.00671 e. The van der Waals surface area contributed by atoms with Gasteiger partial charge in [-0.25, -0.2) is 0 Å². The Balaban J connectivity index is 1.63. The van der Waals surface area contributed by atoms with E-state index in [-0.39, 0.29) is 0 Å². The Hall–Kier alpha value is -0.0400. The molecule has 2 fully saturated rings. The van der Waals surface area contributed by atoms with Crippen molar-refractivity contribution in [1.29, 1.82) is 0 Å². The van der Waals surface area contributed by atoms with Crippen molar-refractivity contribution in [2.45, 2.75) is 77.7 Å². The molecule has 1 atom stereocenters. The van der Waals surface area contributed by atoms with E-state index < -0.39 is 0 Å². The molecule has 17 heavy (non-hydrogen) atoms. The molecule has 1 N–H and O–H groups in total. The van der Waals surface area contributed by atoms with Gasteiger partial charge in [-0.05, 0) is 56.9 Å². The van der Waals surface area contributed by atoms with Gasteiger partial charge in [0.05, 0.1) is 0 Å². The summed E-state index contributed by atoms with van der Waals surface area (Å²) >= 11 is 0. The standard InChI is InChI=1S/C16H31N/c1-13-8-10-15(11-9-13)12-17-14(2)16-6-4-3-5-7-16/h13-17H,3-12H2,1-2H3/t13?,14-,15?/m0/s1. The van der Waals surface area contributed by atoms with E-state index in [0.717, 1.165) is 23.8 Å². The van der Waals surface area contributed by atoms with Crippen LogP contribution in [0.5, 0.6) is 0 Å². The van der Waals surface area contributed by atoms with Crippen LogP contribution in [0, 0.1) is 17.8 Å². The summed E-state index contributed by atoms with van der Waals surface area (Å²) < 4.78 is 0. The molecule has 2 aliphatic carbocycles. The molecule has 1 heteroatoms. The Morgan fingerprint density at radius 1 is 0.941 bits per heavy atom. The van der Waals surface area contributed by atoms with Gasteiger partial charge in [-0.15, -0.1) is 0 Å². The van der Waals surface area contributed by atoms with Crippen molar-refractivity contribution in [3.05, 3.63) is 0 Å². The maximum atomic E-state index is 3.84. The van der Waals surface area contributed by atoms with Crippen molar-refractivity contribution >= 4 is 0 Å². The predicted molar refractivity (Wildman–Crippen MR) is 75.2 cm³/mol. The molecule has 0 bridgehead atoms. The third-order valence-corrected chi connectivity index (χ3v) is 5.22. The lowest BCUT2D eigenvalue weighted by atomic mass is 9.82. The monoisotopic (exact) mass is 237 g/mol. The fraction of sp³-hybridized carbons (Fsp3) is 1.00. The van der Waals surface area contributed by atoms with Gasteiger partial charge in [0, 0.05) is 6.04 Å². The number of hydrogen-bond acceptors (Lipinski definition) is 1. The van der Waals surface area contributed by atoms with Gasteiger partial charge in [-0.2, -0.15) is 0 Å². The van der Waals surface area contributed by atoms with Crippen molar-refractivity contribution in [3.8, 4) is 0 Å². The number of nitrogens with one attached hydrogen (secondary N) is 1. The maximum absolute atomic E-state index is 3.84. The average Bonchev–Trinajstić information content (AvgIpc) is 2.39. The molecular weight excluding hydrogens is 206 g/mol. The molecule has 0 aromatic carbocycles. The molecule has 0 radical (unpaired) electrons. The van der Waals surface area contributed by atoms with Gasteiger partial charge >= 0.3 is 0 Å². The number of hydrogen-bond donors (Lipinski definition) is 1. The van der Waals surface area contributed by atoms with Crippen molar-refractivity contribution in [2.75, 3.05) is 6.54 Å². The topological polar surface area (TPSA) is 12.0 Å². The van der Waals surface area contributed by atoms with Crippen LogP contribution in [0.3, 0.4) is 0 Å². The summed E-state index contributed by atoms with van der Waals surface area (Å²) in [5.74, 6) is 2.92. The van der Waals surface area contributed by atoms with E-state index >= 15 is 0 Å². The van der Waals surface area contributed by atoms with Crippen LogP contribution in [0.1, 0.15) is 71.6 Å². The normalized spacial score (nSPS) is 33.5. The molecule has 2 aliphatic rings. The van der Waals surface area contributed by atoms with Gasteiger partial charge < -0.3 is 5.32 Å². The maximum Gasteiger partial charge on any atom is 0.00671 e. The molecule has 0 heterocycles. The van der Waals surface area contributed by atoms with Crippen LogP contribution < -0.4 is 5.32 Å². The fourth-order valence-electron chi connectivity index (χ4n) is 3.69. The third kappa shape index (κ3) is 4.28. The zero-order valence-electron chi connectivity index (χ0n) is 11.9. The minimum Gasteiger partial charge on any atom is -0.314 e. The highest BCUT2D eigenvalue weighted by atomic mass is 14.9. The molecule has 0 spiro atoms. The van der Waals surface area contributed by atoms with Gasteiger partial charge in [0.25, 0.3) is 0 Å². The predicted octanol–water partition coefficient (Wildman–Crippen LogP) is 4.37. The average molecular weight is 237 g/mol. The van der Waals surface area contributed by atoms with E-state index in [4.69, 9.17) is 0 Å². The van der Waals surface area contributed by atoms with Crippen molar-refractivity contribution in [1.82, 2.24) is 5.32 Å². The third-order valence-electron chi connectivity index (χ3n) is 5.22. The fourth-order valence-corrected chi connectivity index (χ4v) is 3.69. The Kier molecular flexibility index (Phi) is 5.34. The second-order valence-electron chi connectivity index (χ2n) is 6.72. The highest BCUT2D eigenvalue weighted by Gasteiger charge is 2.22. The van der Waals surface area contributed by atoms with Gasteiger partial charge in [0.1, 0.15) is 0 Å². The second-order valence-corrected chi connectivity index (χ2v) is 6.72. The zero-order valence-corrected chi connectivity index (χ0v) is 11.9. The highest BCUT2D eigenvalue weighted by molar-refractivity contribution is 4.78. The summed E-state index contributed by atoms with van der Waals surface area (Å²) in [5.41, 5.74) is 0. The minimum absolute atomic E-state index is 0.759. The van der Waals surface area contributed by atoms with Crippen LogP contribution in [0.25, 0.3) is 0 Å². The first kappa shape index (κ1) is 13.4. The lowest BCUT2D eigenvalue weighted by molar-refractivity contribution is 0.240. The van der Waals surface area contributed by atoms with Crippen LogP contribution in [-0.2, 0) is 0 Å². The van der Waals surface area contributed by atoms with E-state index in [9.17, 15) is 0 Å². The molecule has 2 rings (SSSR count). The minimum atomic E-state index is 0.759. The largest absolute Gasteiger partial charge is 0.314 e. The lowest BCUT2D eigenvalue weighted by Gasteiger charge is -2.31. The highest BCUT2D eigenvalue weighted by Crippen LogP contribution is 2.29.